The Bertz CT molecular complexity index is 219. The lowest BCUT2D eigenvalue weighted by Crippen LogP contribution is -2.34. The molecule has 1 atom stereocenters. The molecule has 0 aromatic heterocycles. The second-order valence-corrected chi connectivity index (χ2v) is 8.94. The molecule has 0 radical (unpaired) electrons. The Kier molecular flexibility index (Phi) is 9.83. The van der Waals surface area contributed by atoms with Crippen LogP contribution in [0.3, 0.4) is 0 Å². The average Bonchev–Trinajstić information content (AvgIpc) is 2.36. The Hall–Kier alpha value is 0.137. The molecule has 20 heavy (non-hydrogen) atoms. The molecule has 1 fully saturated rings. The molecule has 0 aromatic rings. The van der Waals surface area contributed by atoms with Gasteiger partial charge in [0.25, 0.3) is 0 Å². The van der Waals surface area contributed by atoms with E-state index in [4.69, 9.17) is 8.85 Å². The van der Waals surface area contributed by atoms with Crippen LogP contribution in [0.4, 0.5) is 0 Å². The minimum Gasteiger partial charge on any atom is -0.397 e. The molecule has 0 aromatic carbocycles. The summed E-state index contributed by atoms with van der Waals surface area (Å²) in [6.45, 7) is 10.6. The highest BCUT2D eigenvalue weighted by molar-refractivity contribution is 6.46. The van der Waals surface area contributed by atoms with Crippen LogP contribution in [-0.2, 0) is 8.85 Å². The Balaban J connectivity index is 2.71. The van der Waals surface area contributed by atoms with Gasteiger partial charge in [0.15, 0.2) is 0 Å². The molecule has 1 unspecified atom stereocenters. The van der Waals surface area contributed by atoms with Gasteiger partial charge in [0.05, 0.1) is 0 Å². The van der Waals surface area contributed by atoms with Gasteiger partial charge in [-0.15, -0.1) is 0 Å². The summed E-state index contributed by atoms with van der Waals surface area (Å²) in [7, 11) is -1.51. The standard InChI is InChI=1S/C17H36O2Si/c1-5-18-20(19-6-2)17(14-15(3)4)16-12-10-8-7-9-11-13-16/h15-17,20H,5-14H2,1-4H3. The first kappa shape index (κ1) is 18.2. The summed E-state index contributed by atoms with van der Waals surface area (Å²) in [5.74, 6) is 1.61. The first-order valence-corrected chi connectivity index (χ1v) is 10.5. The highest BCUT2D eigenvalue weighted by atomic mass is 28.3. The minimum absolute atomic E-state index is 0.716. The first-order valence-electron chi connectivity index (χ1n) is 8.92. The SMILES string of the molecule is CCO[SiH](OCC)C(CC(C)C)C1CCCCCCC1. The summed E-state index contributed by atoms with van der Waals surface area (Å²) >= 11 is 0. The van der Waals surface area contributed by atoms with Gasteiger partial charge in [-0.2, -0.15) is 0 Å². The van der Waals surface area contributed by atoms with Crippen LogP contribution in [0.15, 0.2) is 0 Å². The Morgan fingerprint density at radius 1 is 0.900 bits per heavy atom. The molecule has 3 heteroatoms. The number of hydrogen-bond acceptors (Lipinski definition) is 2. The zero-order valence-corrected chi connectivity index (χ0v) is 15.4. The summed E-state index contributed by atoms with van der Waals surface area (Å²) in [5, 5.41) is 0. The molecule has 0 saturated heterocycles. The molecule has 0 spiro atoms. The van der Waals surface area contributed by atoms with Gasteiger partial charge >= 0.3 is 9.28 Å². The predicted molar refractivity (Wildman–Crippen MR) is 89.4 cm³/mol. The lowest BCUT2D eigenvalue weighted by Gasteiger charge is -2.34. The fourth-order valence-corrected chi connectivity index (χ4v) is 6.45. The third kappa shape index (κ3) is 6.73. The number of hydrogen-bond donors (Lipinski definition) is 0. The first-order chi connectivity index (χ1) is 9.69. The lowest BCUT2D eigenvalue weighted by molar-refractivity contribution is 0.180. The van der Waals surface area contributed by atoms with E-state index in [0.717, 1.165) is 25.0 Å². The van der Waals surface area contributed by atoms with E-state index >= 15 is 0 Å². The monoisotopic (exact) mass is 300 g/mol. The van der Waals surface area contributed by atoms with E-state index in [-0.39, 0.29) is 0 Å². The Morgan fingerprint density at radius 2 is 1.40 bits per heavy atom. The second-order valence-electron chi connectivity index (χ2n) is 6.68. The second kappa shape index (κ2) is 10.8. The van der Waals surface area contributed by atoms with Gasteiger partial charge in [-0.25, -0.2) is 0 Å². The molecule has 120 valence electrons. The third-order valence-corrected chi connectivity index (χ3v) is 7.35. The molecule has 0 heterocycles. The molecular weight excluding hydrogens is 264 g/mol. The van der Waals surface area contributed by atoms with Crippen LogP contribution in [0.5, 0.6) is 0 Å². The van der Waals surface area contributed by atoms with E-state index < -0.39 is 9.28 Å². The molecule has 0 amide bonds. The van der Waals surface area contributed by atoms with Gasteiger partial charge in [-0.3, -0.25) is 0 Å². The van der Waals surface area contributed by atoms with Crippen LogP contribution in [0.1, 0.15) is 79.1 Å². The van der Waals surface area contributed by atoms with E-state index in [1.165, 1.54) is 51.4 Å². The molecule has 1 aliphatic carbocycles. The van der Waals surface area contributed by atoms with E-state index in [0.29, 0.717) is 5.54 Å². The van der Waals surface area contributed by atoms with Crippen molar-refractivity contribution in [2.75, 3.05) is 13.2 Å². The molecule has 2 nitrogen and oxygen atoms in total. The van der Waals surface area contributed by atoms with Crippen molar-refractivity contribution in [1.82, 2.24) is 0 Å². The van der Waals surface area contributed by atoms with Crippen molar-refractivity contribution >= 4 is 9.28 Å². The molecule has 1 rings (SSSR count). The van der Waals surface area contributed by atoms with Gasteiger partial charge in [0, 0.05) is 18.8 Å². The molecule has 0 aliphatic heterocycles. The van der Waals surface area contributed by atoms with Crippen molar-refractivity contribution in [2.24, 2.45) is 11.8 Å². The summed E-state index contributed by atoms with van der Waals surface area (Å²) < 4.78 is 12.2. The number of rotatable bonds is 8. The maximum atomic E-state index is 6.09. The Morgan fingerprint density at radius 3 is 1.85 bits per heavy atom. The highest BCUT2D eigenvalue weighted by Gasteiger charge is 2.33. The molecule has 0 bridgehead atoms. The quantitative estimate of drug-likeness (QED) is 0.584. The fourth-order valence-electron chi connectivity index (χ4n) is 3.61. The van der Waals surface area contributed by atoms with E-state index in [9.17, 15) is 0 Å². The van der Waals surface area contributed by atoms with E-state index in [1.807, 2.05) is 0 Å². The van der Waals surface area contributed by atoms with Gasteiger partial charge in [0.2, 0.25) is 0 Å². The van der Waals surface area contributed by atoms with Gasteiger partial charge in [-0.05, 0) is 32.1 Å². The normalized spacial score (nSPS) is 20.1. The van der Waals surface area contributed by atoms with Gasteiger partial charge in [0.1, 0.15) is 0 Å². The Labute approximate surface area is 128 Å². The van der Waals surface area contributed by atoms with Crippen molar-refractivity contribution in [3.05, 3.63) is 0 Å². The van der Waals surface area contributed by atoms with Gasteiger partial charge < -0.3 is 8.85 Å². The minimum atomic E-state index is -1.51. The van der Waals surface area contributed by atoms with Crippen LogP contribution in [-0.4, -0.2) is 22.5 Å². The van der Waals surface area contributed by atoms with Crippen LogP contribution >= 0.6 is 0 Å². The van der Waals surface area contributed by atoms with Crippen LogP contribution in [0.2, 0.25) is 5.54 Å². The van der Waals surface area contributed by atoms with Crippen molar-refractivity contribution in [2.45, 2.75) is 84.6 Å². The summed E-state index contributed by atoms with van der Waals surface area (Å²) in [4.78, 5) is 0. The van der Waals surface area contributed by atoms with Crippen molar-refractivity contribution in [3.8, 4) is 0 Å². The zero-order chi connectivity index (χ0) is 14.8. The summed E-state index contributed by atoms with van der Waals surface area (Å²) in [6, 6.07) is 0. The van der Waals surface area contributed by atoms with Crippen molar-refractivity contribution < 1.29 is 8.85 Å². The predicted octanol–water partition coefficient (Wildman–Crippen LogP) is 5.06. The van der Waals surface area contributed by atoms with Crippen LogP contribution in [0, 0.1) is 11.8 Å². The zero-order valence-electron chi connectivity index (χ0n) is 14.2. The highest BCUT2D eigenvalue weighted by Crippen LogP contribution is 2.38. The van der Waals surface area contributed by atoms with Gasteiger partial charge in [-0.1, -0.05) is 58.8 Å². The van der Waals surface area contributed by atoms with Crippen LogP contribution in [0.25, 0.3) is 0 Å². The summed E-state index contributed by atoms with van der Waals surface area (Å²) in [5.41, 5.74) is 0.716. The molecule has 1 aliphatic rings. The average molecular weight is 301 g/mol. The third-order valence-electron chi connectivity index (χ3n) is 4.51. The van der Waals surface area contributed by atoms with Crippen LogP contribution < -0.4 is 0 Å². The smallest absolute Gasteiger partial charge is 0.324 e. The lowest BCUT2D eigenvalue weighted by atomic mass is 9.86. The molecule has 0 N–H and O–H groups in total. The maximum Gasteiger partial charge on any atom is 0.324 e. The molecule has 1 saturated carbocycles. The fraction of sp³-hybridized carbons (Fsp3) is 1.00. The maximum absolute atomic E-state index is 6.09. The topological polar surface area (TPSA) is 18.5 Å². The van der Waals surface area contributed by atoms with E-state index in [1.54, 1.807) is 0 Å². The van der Waals surface area contributed by atoms with Crippen molar-refractivity contribution in [3.63, 3.8) is 0 Å². The van der Waals surface area contributed by atoms with E-state index in [2.05, 4.69) is 27.7 Å². The molecular formula is C17H36O2Si. The summed E-state index contributed by atoms with van der Waals surface area (Å²) in [6.07, 6.45) is 11.2. The van der Waals surface area contributed by atoms with Crippen molar-refractivity contribution in [1.29, 1.82) is 0 Å². The largest absolute Gasteiger partial charge is 0.397 e.